The van der Waals surface area contributed by atoms with E-state index in [1.807, 2.05) is 30.3 Å². The molecular weight excluding hydrogens is 489 g/mol. The van der Waals surface area contributed by atoms with Crippen LogP contribution in [0.25, 0.3) is 0 Å². The Morgan fingerprint density at radius 1 is 1.09 bits per heavy atom. The molecule has 164 valence electrons. The maximum Gasteiger partial charge on any atom is 0.413 e. The van der Waals surface area contributed by atoms with Gasteiger partial charge in [0, 0.05) is 29.0 Å². The molecule has 32 heavy (non-hydrogen) atoms. The predicted molar refractivity (Wildman–Crippen MR) is 113 cm³/mol. The quantitative estimate of drug-likeness (QED) is 0.492. The summed E-state index contributed by atoms with van der Waals surface area (Å²) in [7, 11) is 0. The van der Waals surface area contributed by atoms with E-state index in [9.17, 15) is 18.0 Å². The van der Waals surface area contributed by atoms with Gasteiger partial charge in [-0.25, -0.2) is 14.8 Å². The van der Waals surface area contributed by atoms with Crippen molar-refractivity contribution in [3.8, 4) is 0 Å². The standard InChI is InChI=1S/C22H16BrF3N4O2/c23-15-7-8-17-16(11-15)21(13-29(20(31)32-21)12-14-5-2-1-3-6-14)18(22(24,25)26)30(17)19-27-9-4-10-28-19/h1-11,18H,12-13H2. The van der Waals surface area contributed by atoms with Crippen LogP contribution in [0.2, 0.25) is 0 Å². The first-order valence-corrected chi connectivity index (χ1v) is 10.5. The van der Waals surface area contributed by atoms with Gasteiger partial charge in [0.05, 0.1) is 12.2 Å². The molecule has 1 spiro atoms. The molecule has 1 fully saturated rings. The minimum Gasteiger partial charge on any atom is -0.433 e. The van der Waals surface area contributed by atoms with Gasteiger partial charge in [-0.2, -0.15) is 13.2 Å². The zero-order valence-corrected chi connectivity index (χ0v) is 18.0. The third-order valence-electron chi connectivity index (χ3n) is 5.62. The van der Waals surface area contributed by atoms with Crippen molar-refractivity contribution < 1.29 is 22.7 Å². The van der Waals surface area contributed by atoms with Gasteiger partial charge in [-0.3, -0.25) is 9.80 Å². The monoisotopic (exact) mass is 504 g/mol. The predicted octanol–water partition coefficient (Wildman–Crippen LogP) is 5.17. The zero-order valence-electron chi connectivity index (χ0n) is 16.5. The molecule has 2 aliphatic heterocycles. The van der Waals surface area contributed by atoms with E-state index in [0.29, 0.717) is 4.47 Å². The van der Waals surface area contributed by atoms with Crippen molar-refractivity contribution >= 4 is 33.7 Å². The first-order valence-electron chi connectivity index (χ1n) is 9.74. The molecular formula is C22H16BrF3N4O2. The third kappa shape index (κ3) is 3.29. The number of nitrogens with zero attached hydrogens (tertiary/aromatic N) is 4. The molecule has 0 bridgehead atoms. The Labute approximate surface area is 189 Å². The summed E-state index contributed by atoms with van der Waals surface area (Å²) in [6.45, 7) is -0.130. The van der Waals surface area contributed by atoms with Crippen molar-refractivity contribution in [2.45, 2.75) is 24.4 Å². The van der Waals surface area contributed by atoms with Crippen LogP contribution in [0.5, 0.6) is 0 Å². The van der Waals surface area contributed by atoms with E-state index < -0.39 is 23.9 Å². The smallest absolute Gasteiger partial charge is 0.413 e. The fourth-order valence-electron chi connectivity index (χ4n) is 4.41. The SMILES string of the molecule is O=C1OC2(CN1Cc1ccccc1)c1cc(Br)ccc1N(c1ncccn1)C2C(F)(F)F. The average molecular weight is 505 g/mol. The van der Waals surface area contributed by atoms with E-state index in [4.69, 9.17) is 4.74 Å². The summed E-state index contributed by atoms with van der Waals surface area (Å²) < 4.78 is 50.1. The summed E-state index contributed by atoms with van der Waals surface area (Å²) in [5.41, 5.74) is -0.676. The van der Waals surface area contributed by atoms with Gasteiger partial charge in [0.25, 0.3) is 0 Å². The largest absolute Gasteiger partial charge is 0.433 e. The molecule has 0 radical (unpaired) electrons. The van der Waals surface area contributed by atoms with Gasteiger partial charge >= 0.3 is 12.3 Å². The highest BCUT2D eigenvalue weighted by Crippen LogP contribution is 2.56. The molecule has 3 aromatic rings. The van der Waals surface area contributed by atoms with Crippen molar-refractivity contribution in [2.75, 3.05) is 11.4 Å². The van der Waals surface area contributed by atoms with Gasteiger partial charge < -0.3 is 4.74 Å². The number of halogens is 4. The number of carbonyl (C=O) groups is 1. The number of alkyl halides is 3. The second-order valence-corrected chi connectivity index (χ2v) is 8.54. The molecule has 0 N–H and O–H groups in total. The zero-order chi connectivity index (χ0) is 22.5. The van der Waals surface area contributed by atoms with Crippen LogP contribution < -0.4 is 4.90 Å². The molecule has 3 heterocycles. The molecule has 10 heteroatoms. The van der Waals surface area contributed by atoms with Gasteiger partial charge in [-0.05, 0) is 29.8 Å². The van der Waals surface area contributed by atoms with E-state index >= 15 is 0 Å². The van der Waals surface area contributed by atoms with Crippen LogP contribution in [0, 0.1) is 0 Å². The molecule has 2 aromatic carbocycles. The molecule has 5 rings (SSSR count). The first kappa shape index (κ1) is 20.7. The number of benzene rings is 2. The molecule has 1 saturated heterocycles. The highest BCUT2D eigenvalue weighted by Gasteiger charge is 2.69. The number of hydrogen-bond donors (Lipinski definition) is 0. The van der Waals surface area contributed by atoms with Crippen molar-refractivity contribution in [2.24, 2.45) is 0 Å². The maximum atomic E-state index is 14.6. The van der Waals surface area contributed by atoms with Crippen LogP contribution >= 0.6 is 15.9 Å². The Kier molecular flexibility index (Phi) is 4.85. The van der Waals surface area contributed by atoms with Crippen LogP contribution in [-0.4, -0.2) is 39.7 Å². The van der Waals surface area contributed by atoms with Crippen LogP contribution in [0.3, 0.4) is 0 Å². The highest BCUT2D eigenvalue weighted by molar-refractivity contribution is 9.10. The minimum absolute atomic E-state index is 0.118. The van der Waals surface area contributed by atoms with E-state index in [1.165, 1.54) is 23.4 Å². The summed E-state index contributed by atoms with van der Waals surface area (Å²) >= 11 is 3.34. The van der Waals surface area contributed by atoms with Crippen LogP contribution in [0.15, 0.2) is 71.5 Å². The van der Waals surface area contributed by atoms with Crippen molar-refractivity contribution in [1.82, 2.24) is 14.9 Å². The van der Waals surface area contributed by atoms with E-state index in [2.05, 4.69) is 25.9 Å². The molecule has 2 unspecified atom stereocenters. The van der Waals surface area contributed by atoms with Gasteiger partial charge in [0.2, 0.25) is 5.95 Å². The molecule has 1 aromatic heterocycles. The van der Waals surface area contributed by atoms with Crippen molar-refractivity contribution in [3.63, 3.8) is 0 Å². The highest BCUT2D eigenvalue weighted by atomic mass is 79.9. The van der Waals surface area contributed by atoms with E-state index in [1.54, 1.807) is 18.2 Å². The van der Waals surface area contributed by atoms with Crippen molar-refractivity contribution in [3.05, 3.63) is 82.6 Å². The number of fused-ring (bicyclic) bond motifs is 2. The second-order valence-electron chi connectivity index (χ2n) is 7.62. The summed E-state index contributed by atoms with van der Waals surface area (Å²) in [4.78, 5) is 23.3. The average Bonchev–Trinajstić information content (AvgIpc) is 3.23. The van der Waals surface area contributed by atoms with Crippen LogP contribution in [-0.2, 0) is 16.9 Å². The molecule has 2 atom stereocenters. The number of hydrogen-bond acceptors (Lipinski definition) is 5. The van der Waals surface area contributed by atoms with Crippen LogP contribution in [0.4, 0.5) is 29.6 Å². The molecule has 0 saturated carbocycles. The minimum atomic E-state index is -4.74. The van der Waals surface area contributed by atoms with Crippen LogP contribution in [0.1, 0.15) is 11.1 Å². The van der Waals surface area contributed by atoms with Gasteiger partial charge in [0.1, 0.15) is 0 Å². The Hall–Kier alpha value is -3.14. The lowest BCUT2D eigenvalue weighted by Crippen LogP contribution is -2.54. The molecule has 2 aliphatic rings. The normalized spacial score (nSPS) is 22.4. The summed E-state index contributed by atoms with van der Waals surface area (Å²) in [6.07, 6.45) is -2.79. The molecule has 6 nitrogen and oxygen atoms in total. The first-order chi connectivity index (χ1) is 15.3. The Morgan fingerprint density at radius 3 is 2.50 bits per heavy atom. The number of carbonyl (C=O) groups excluding carboxylic acids is 1. The lowest BCUT2D eigenvalue weighted by molar-refractivity contribution is -0.183. The van der Waals surface area contributed by atoms with Crippen molar-refractivity contribution in [1.29, 1.82) is 0 Å². The number of anilines is 2. The second kappa shape index (κ2) is 7.47. The Morgan fingerprint density at radius 2 is 1.81 bits per heavy atom. The van der Waals surface area contributed by atoms with E-state index in [-0.39, 0.29) is 30.3 Å². The van der Waals surface area contributed by atoms with Gasteiger partial charge in [-0.15, -0.1) is 0 Å². The summed E-state index contributed by atoms with van der Waals surface area (Å²) in [6, 6.07) is 13.2. The lowest BCUT2D eigenvalue weighted by Gasteiger charge is -2.34. The Balaban J connectivity index is 1.65. The topological polar surface area (TPSA) is 58.6 Å². The lowest BCUT2D eigenvalue weighted by atomic mass is 9.88. The third-order valence-corrected chi connectivity index (χ3v) is 6.11. The Bertz CT molecular complexity index is 1160. The maximum absolute atomic E-state index is 14.6. The summed E-state index contributed by atoms with van der Waals surface area (Å²) in [5.74, 6) is -0.118. The number of amides is 1. The number of ether oxygens (including phenoxy) is 1. The van der Waals surface area contributed by atoms with E-state index in [0.717, 1.165) is 10.5 Å². The van der Waals surface area contributed by atoms with Gasteiger partial charge in [0.15, 0.2) is 11.6 Å². The fraction of sp³-hybridized carbons (Fsp3) is 0.227. The molecule has 0 aliphatic carbocycles. The summed E-state index contributed by atoms with van der Waals surface area (Å²) in [5, 5.41) is 0. The fourth-order valence-corrected chi connectivity index (χ4v) is 4.77. The molecule has 1 amide bonds. The number of rotatable bonds is 3. The van der Waals surface area contributed by atoms with Gasteiger partial charge in [-0.1, -0.05) is 46.3 Å². The number of aromatic nitrogens is 2.